The van der Waals surface area contributed by atoms with Crippen molar-refractivity contribution in [2.45, 2.75) is 6.54 Å². The maximum Gasteiger partial charge on any atom is 0.305 e. The molecule has 0 spiro atoms. The van der Waals surface area contributed by atoms with E-state index in [9.17, 15) is 19.4 Å². The van der Waals surface area contributed by atoms with Gasteiger partial charge in [0.25, 0.3) is 0 Å². The van der Waals surface area contributed by atoms with Crippen molar-refractivity contribution in [2.75, 3.05) is 0 Å². The third kappa shape index (κ3) is 2.05. The molecule has 0 amide bonds. The van der Waals surface area contributed by atoms with Gasteiger partial charge in [-0.3, -0.25) is 10.1 Å². The zero-order valence-electron chi connectivity index (χ0n) is 6.44. The third-order valence-corrected chi connectivity index (χ3v) is 1.45. The lowest BCUT2D eigenvalue weighted by atomic mass is 10.2. The Morgan fingerprint density at radius 3 is 2.77 bits per heavy atom. The molecule has 0 saturated heterocycles. The van der Waals surface area contributed by atoms with Gasteiger partial charge in [-0.05, 0) is 11.6 Å². The van der Waals surface area contributed by atoms with Crippen molar-refractivity contribution >= 4 is 5.69 Å². The Morgan fingerprint density at radius 2 is 2.23 bits per heavy atom. The Balaban J connectivity index is 3.10. The minimum atomic E-state index is -0.917. The molecule has 0 heterocycles. The number of nitro groups is 1. The summed E-state index contributed by atoms with van der Waals surface area (Å²) in [6, 6.07) is 3.22. The Labute approximate surface area is 72.3 Å². The second-order valence-electron chi connectivity index (χ2n) is 2.33. The molecule has 5 nitrogen and oxygen atoms in total. The fraction of sp³-hybridized carbons (Fsp3) is 0.143. The van der Waals surface area contributed by atoms with Crippen LogP contribution in [0.1, 0.15) is 5.56 Å². The van der Waals surface area contributed by atoms with Crippen molar-refractivity contribution in [1.29, 1.82) is 0 Å². The van der Waals surface area contributed by atoms with Crippen molar-refractivity contribution in [2.24, 2.45) is 5.18 Å². The first-order chi connectivity index (χ1) is 6.15. The molecule has 0 saturated carbocycles. The van der Waals surface area contributed by atoms with E-state index in [4.69, 9.17) is 0 Å². The molecule has 0 aromatic heterocycles. The molecule has 0 bridgehead atoms. The Kier molecular flexibility index (Phi) is 2.63. The first kappa shape index (κ1) is 9.24. The van der Waals surface area contributed by atoms with Crippen molar-refractivity contribution in [3.63, 3.8) is 0 Å². The van der Waals surface area contributed by atoms with Gasteiger partial charge in [-0.2, -0.15) is 9.30 Å². The minimum Gasteiger partial charge on any atom is -0.258 e. The molecule has 0 atom stereocenters. The van der Waals surface area contributed by atoms with Crippen LogP contribution >= 0.6 is 0 Å². The summed E-state index contributed by atoms with van der Waals surface area (Å²) in [5.74, 6) is -0.917. The average Bonchev–Trinajstić information content (AvgIpc) is 2.08. The van der Waals surface area contributed by atoms with E-state index in [0.717, 1.165) is 12.1 Å². The molecule has 1 rings (SSSR count). The van der Waals surface area contributed by atoms with Gasteiger partial charge in [-0.15, -0.1) is 0 Å². The Hall–Kier alpha value is -1.85. The van der Waals surface area contributed by atoms with Gasteiger partial charge in [-0.1, -0.05) is 11.2 Å². The molecule has 1 aromatic rings. The number of nitro benzene ring substituents is 1. The SMILES string of the molecule is O=NCc1ccc(F)c([N+](=O)[O-])c1. The summed E-state index contributed by atoms with van der Waals surface area (Å²) in [5.41, 5.74) is -0.316. The zero-order chi connectivity index (χ0) is 9.84. The summed E-state index contributed by atoms with van der Waals surface area (Å²) in [6.07, 6.45) is 0. The molecule has 6 heteroatoms. The quantitative estimate of drug-likeness (QED) is 0.409. The predicted octanol–water partition coefficient (Wildman–Crippen LogP) is 2.00. The smallest absolute Gasteiger partial charge is 0.258 e. The highest BCUT2D eigenvalue weighted by atomic mass is 19.1. The molecular weight excluding hydrogens is 179 g/mol. The monoisotopic (exact) mass is 184 g/mol. The molecule has 0 fully saturated rings. The van der Waals surface area contributed by atoms with E-state index in [1.807, 2.05) is 0 Å². The minimum absolute atomic E-state index is 0.193. The first-order valence-electron chi connectivity index (χ1n) is 3.37. The van der Waals surface area contributed by atoms with E-state index < -0.39 is 16.4 Å². The predicted molar refractivity (Wildman–Crippen MR) is 42.6 cm³/mol. The standard InChI is InChI=1S/C7H5FN2O3/c8-6-2-1-5(4-9-11)3-7(6)10(12)13/h1-3H,4H2. The lowest BCUT2D eigenvalue weighted by molar-refractivity contribution is -0.387. The van der Waals surface area contributed by atoms with Gasteiger partial charge in [0.1, 0.15) is 6.54 Å². The molecule has 13 heavy (non-hydrogen) atoms. The number of halogens is 1. The van der Waals surface area contributed by atoms with Crippen molar-refractivity contribution < 1.29 is 9.31 Å². The molecule has 68 valence electrons. The number of benzene rings is 1. The largest absolute Gasteiger partial charge is 0.305 e. The summed E-state index contributed by atoms with van der Waals surface area (Å²) in [7, 11) is 0. The summed E-state index contributed by atoms with van der Waals surface area (Å²) >= 11 is 0. The fourth-order valence-electron chi connectivity index (χ4n) is 0.871. The molecular formula is C7H5FN2O3. The van der Waals surface area contributed by atoms with E-state index >= 15 is 0 Å². The molecule has 0 aliphatic heterocycles. The lowest BCUT2D eigenvalue weighted by Crippen LogP contribution is -1.93. The van der Waals surface area contributed by atoms with Crippen LogP contribution in [0, 0.1) is 20.8 Å². The highest BCUT2D eigenvalue weighted by molar-refractivity contribution is 5.36. The van der Waals surface area contributed by atoms with Gasteiger partial charge >= 0.3 is 5.69 Å². The van der Waals surface area contributed by atoms with Crippen LogP contribution in [-0.4, -0.2) is 4.92 Å². The number of nitroso groups, excluding NO2 is 1. The Morgan fingerprint density at radius 1 is 1.54 bits per heavy atom. The van der Waals surface area contributed by atoms with E-state index in [0.29, 0.717) is 5.56 Å². The topological polar surface area (TPSA) is 72.6 Å². The Bertz CT molecular complexity index is 354. The maximum atomic E-state index is 12.7. The van der Waals surface area contributed by atoms with Gasteiger partial charge in [-0.25, -0.2) is 0 Å². The highest BCUT2D eigenvalue weighted by Gasteiger charge is 2.13. The van der Waals surface area contributed by atoms with Crippen LogP contribution in [0.4, 0.5) is 10.1 Å². The van der Waals surface area contributed by atoms with E-state index in [1.165, 1.54) is 6.07 Å². The lowest BCUT2D eigenvalue weighted by Gasteiger charge is -1.95. The van der Waals surface area contributed by atoms with Gasteiger partial charge < -0.3 is 0 Å². The van der Waals surface area contributed by atoms with E-state index in [1.54, 1.807) is 0 Å². The van der Waals surface area contributed by atoms with Crippen LogP contribution in [0.5, 0.6) is 0 Å². The summed E-state index contributed by atoms with van der Waals surface area (Å²) in [5, 5.41) is 12.8. The number of rotatable bonds is 3. The van der Waals surface area contributed by atoms with Crippen molar-refractivity contribution in [1.82, 2.24) is 0 Å². The summed E-state index contributed by atoms with van der Waals surface area (Å²) in [6.45, 7) is -0.193. The van der Waals surface area contributed by atoms with Gasteiger partial charge in [0, 0.05) is 6.07 Å². The molecule has 0 unspecified atom stereocenters. The van der Waals surface area contributed by atoms with Gasteiger partial charge in [0.2, 0.25) is 5.82 Å². The first-order valence-corrected chi connectivity index (χ1v) is 3.37. The number of hydrogen-bond donors (Lipinski definition) is 0. The van der Waals surface area contributed by atoms with Crippen molar-refractivity contribution in [3.05, 3.63) is 44.6 Å². The molecule has 0 aliphatic carbocycles. The maximum absolute atomic E-state index is 12.7. The second kappa shape index (κ2) is 3.70. The van der Waals surface area contributed by atoms with Gasteiger partial charge in [0.15, 0.2) is 0 Å². The van der Waals surface area contributed by atoms with E-state index in [2.05, 4.69) is 5.18 Å². The normalized spacial score (nSPS) is 9.62. The second-order valence-corrected chi connectivity index (χ2v) is 2.33. The summed E-state index contributed by atoms with van der Waals surface area (Å²) < 4.78 is 12.7. The molecule has 0 N–H and O–H groups in total. The van der Waals surface area contributed by atoms with Crippen molar-refractivity contribution in [3.8, 4) is 0 Å². The number of nitrogens with zero attached hydrogens (tertiary/aromatic N) is 2. The number of hydrogen-bond acceptors (Lipinski definition) is 4. The molecule has 0 aliphatic rings. The van der Waals surface area contributed by atoms with Crippen LogP contribution < -0.4 is 0 Å². The highest BCUT2D eigenvalue weighted by Crippen LogP contribution is 2.18. The third-order valence-electron chi connectivity index (χ3n) is 1.45. The van der Waals surface area contributed by atoms with Crippen LogP contribution in [0.2, 0.25) is 0 Å². The van der Waals surface area contributed by atoms with Crippen LogP contribution in [-0.2, 0) is 6.54 Å². The van der Waals surface area contributed by atoms with Crippen LogP contribution in [0.25, 0.3) is 0 Å². The van der Waals surface area contributed by atoms with Crippen LogP contribution in [0.3, 0.4) is 0 Å². The fourth-order valence-corrected chi connectivity index (χ4v) is 0.871. The van der Waals surface area contributed by atoms with E-state index in [-0.39, 0.29) is 6.54 Å². The van der Waals surface area contributed by atoms with Crippen LogP contribution in [0.15, 0.2) is 23.4 Å². The van der Waals surface area contributed by atoms with Gasteiger partial charge in [0.05, 0.1) is 4.92 Å². The zero-order valence-corrected chi connectivity index (χ0v) is 6.44. The molecule has 0 radical (unpaired) electrons. The molecule has 1 aromatic carbocycles. The average molecular weight is 184 g/mol. The summed E-state index contributed by atoms with van der Waals surface area (Å²) in [4.78, 5) is 19.2.